The predicted molar refractivity (Wildman–Crippen MR) is 71.2 cm³/mol. The summed E-state index contributed by atoms with van der Waals surface area (Å²) in [6.45, 7) is -0.0477. The number of aliphatic hydroxyl groups is 1. The molecule has 6 heteroatoms. The first-order valence-corrected chi connectivity index (χ1v) is 6.17. The van der Waals surface area contributed by atoms with Crippen molar-refractivity contribution in [1.82, 2.24) is 0 Å². The van der Waals surface area contributed by atoms with E-state index in [1.54, 1.807) is 0 Å². The lowest BCUT2D eigenvalue weighted by molar-refractivity contribution is 0.191. The van der Waals surface area contributed by atoms with E-state index in [0.29, 0.717) is 11.6 Å². The van der Waals surface area contributed by atoms with Crippen molar-refractivity contribution in [3.05, 3.63) is 64.4 Å². The normalized spacial score (nSPS) is 12.2. The van der Waals surface area contributed by atoms with Gasteiger partial charge in [-0.1, -0.05) is 23.7 Å². The van der Waals surface area contributed by atoms with E-state index >= 15 is 0 Å². The molecule has 0 saturated heterocycles. The second kappa shape index (κ2) is 6.15. The first-order chi connectivity index (χ1) is 9.47. The fraction of sp³-hybridized carbons (Fsp3) is 0.143. The minimum absolute atomic E-state index is 0.0477. The maximum atomic E-state index is 13.5. The van der Waals surface area contributed by atoms with Crippen LogP contribution in [0.5, 0.6) is 0 Å². The summed E-state index contributed by atoms with van der Waals surface area (Å²) in [5.74, 6) is -2.04. The minimum Gasteiger partial charge on any atom is -0.387 e. The van der Waals surface area contributed by atoms with Gasteiger partial charge in [-0.25, -0.2) is 13.2 Å². The Morgan fingerprint density at radius 2 is 1.70 bits per heavy atom. The number of aliphatic hydroxyl groups excluding tert-OH is 1. The van der Waals surface area contributed by atoms with Gasteiger partial charge >= 0.3 is 0 Å². The molecular formula is C14H11ClF3NO. The number of hydrogen-bond acceptors (Lipinski definition) is 2. The molecule has 0 heterocycles. The second-order valence-electron chi connectivity index (χ2n) is 4.19. The van der Waals surface area contributed by atoms with Crippen LogP contribution in [0.3, 0.4) is 0 Å². The maximum absolute atomic E-state index is 13.5. The molecule has 0 fully saturated rings. The topological polar surface area (TPSA) is 32.3 Å². The standard InChI is InChI=1S/C14H11ClF3NO/c15-11-5-10(17)6-12(18)14(11)19-7-13(20)8-1-3-9(16)4-2-8/h1-6,13,19-20H,7H2. The summed E-state index contributed by atoms with van der Waals surface area (Å²) in [6.07, 6.45) is -0.976. The smallest absolute Gasteiger partial charge is 0.150 e. The summed E-state index contributed by atoms with van der Waals surface area (Å²) in [5, 5.41) is 12.4. The van der Waals surface area contributed by atoms with E-state index in [0.717, 1.165) is 6.07 Å². The van der Waals surface area contributed by atoms with Crippen LogP contribution in [0.25, 0.3) is 0 Å². The summed E-state index contributed by atoms with van der Waals surface area (Å²) in [6, 6.07) is 6.93. The van der Waals surface area contributed by atoms with Crippen molar-refractivity contribution in [2.24, 2.45) is 0 Å². The molecule has 2 rings (SSSR count). The predicted octanol–water partition coefficient (Wildman–Crippen LogP) is 3.90. The van der Waals surface area contributed by atoms with E-state index in [1.807, 2.05) is 0 Å². The van der Waals surface area contributed by atoms with Gasteiger partial charge in [0.1, 0.15) is 11.6 Å². The molecule has 0 aromatic heterocycles. The first-order valence-electron chi connectivity index (χ1n) is 5.79. The molecule has 1 unspecified atom stereocenters. The number of rotatable bonds is 4. The highest BCUT2D eigenvalue weighted by Crippen LogP contribution is 2.27. The highest BCUT2D eigenvalue weighted by molar-refractivity contribution is 6.33. The molecule has 0 aliphatic carbocycles. The Hall–Kier alpha value is -1.72. The van der Waals surface area contributed by atoms with Crippen LogP contribution >= 0.6 is 11.6 Å². The number of hydrogen-bond donors (Lipinski definition) is 2. The van der Waals surface area contributed by atoms with Gasteiger partial charge in [-0.2, -0.15) is 0 Å². The third-order valence-electron chi connectivity index (χ3n) is 2.73. The molecule has 2 nitrogen and oxygen atoms in total. The van der Waals surface area contributed by atoms with E-state index < -0.39 is 23.6 Å². The molecule has 0 bridgehead atoms. The lowest BCUT2D eigenvalue weighted by Gasteiger charge is -2.14. The molecule has 0 saturated carbocycles. The highest BCUT2D eigenvalue weighted by atomic mass is 35.5. The third-order valence-corrected chi connectivity index (χ3v) is 3.03. The Balaban J connectivity index is 2.07. The number of anilines is 1. The van der Waals surface area contributed by atoms with Gasteiger partial charge in [0.25, 0.3) is 0 Å². The molecular weight excluding hydrogens is 291 g/mol. The van der Waals surface area contributed by atoms with Crippen LogP contribution in [-0.4, -0.2) is 11.7 Å². The Morgan fingerprint density at radius 3 is 2.30 bits per heavy atom. The van der Waals surface area contributed by atoms with Crippen molar-refractivity contribution in [3.8, 4) is 0 Å². The van der Waals surface area contributed by atoms with Crippen molar-refractivity contribution in [2.75, 3.05) is 11.9 Å². The highest BCUT2D eigenvalue weighted by Gasteiger charge is 2.13. The van der Waals surface area contributed by atoms with E-state index in [-0.39, 0.29) is 17.3 Å². The van der Waals surface area contributed by atoms with Gasteiger partial charge in [0, 0.05) is 12.6 Å². The molecule has 2 aromatic rings. The Labute approximate surface area is 118 Å². The fourth-order valence-corrected chi connectivity index (χ4v) is 1.97. The molecule has 106 valence electrons. The van der Waals surface area contributed by atoms with Crippen LogP contribution in [0.4, 0.5) is 18.9 Å². The average molecular weight is 302 g/mol. The summed E-state index contributed by atoms with van der Waals surface area (Å²) >= 11 is 5.71. The van der Waals surface area contributed by atoms with Gasteiger partial charge < -0.3 is 10.4 Å². The molecule has 0 radical (unpaired) electrons. The van der Waals surface area contributed by atoms with E-state index in [1.165, 1.54) is 24.3 Å². The molecule has 0 aliphatic rings. The van der Waals surface area contributed by atoms with Crippen LogP contribution in [0, 0.1) is 17.5 Å². The second-order valence-corrected chi connectivity index (χ2v) is 4.60. The van der Waals surface area contributed by atoms with Gasteiger partial charge in [-0.05, 0) is 23.8 Å². The average Bonchev–Trinajstić information content (AvgIpc) is 2.38. The summed E-state index contributed by atoms with van der Waals surface area (Å²) in [5.41, 5.74) is 0.381. The molecule has 2 N–H and O–H groups in total. The van der Waals surface area contributed by atoms with Crippen LogP contribution in [0.2, 0.25) is 5.02 Å². The Kier molecular flexibility index (Phi) is 4.52. The molecule has 20 heavy (non-hydrogen) atoms. The number of nitrogens with one attached hydrogen (secondary N) is 1. The number of halogens is 4. The molecule has 0 aliphatic heterocycles. The first kappa shape index (κ1) is 14.7. The largest absolute Gasteiger partial charge is 0.387 e. The lowest BCUT2D eigenvalue weighted by Crippen LogP contribution is -2.13. The van der Waals surface area contributed by atoms with Crippen molar-refractivity contribution in [3.63, 3.8) is 0 Å². The van der Waals surface area contributed by atoms with Crippen LogP contribution in [0.1, 0.15) is 11.7 Å². The zero-order valence-electron chi connectivity index (χ0n) is 10.2. The summed E-state index contributed by atoms with van der Waals surface area (Å²) < 4.78 is 39.1. The van der Waals surface area contributed by atoms with E-state index in [2.05, 4.69) is 5.32 Å². The quantitative estimate of drug-likeness (QED) is 0.897. The molecule has 1 atom stereocenters. The SMILES string of the molecule is OC(CNc1c(F)cc(F)cc1Cl)c1ccc(F)cc1. The van der Waals surface area contributed by atoms with Gasteiger partial charge in [0.05, 0.1) is 16.8 Å². The molecule has 0 amide bonds. The molecule has 0 spiro atoms. The fourth-order valence-electron chi connectivity index (χ4n) is 1.71. The van der Waals surface area contributed by atoms with E-state index in [4.69, 9.17) is 11.6 Å². The van der Waals surface area contributed by atoms with Crippen molar-refractivity contribution in [2.45, 2.75) is 6.10 Å². The minimum atomic E-state index is -0.976. The van der Waals surface area contributed by atoms with Gasteiger partial charge in [-0.15, -0.1) is 0 Å². The zero-order valence-corrected chi connectivity index (χ0v) is 11.0. The monoisotopic (exact) mass is 301 g/mol. The maximum Gasteiger partial charge on any atom is 0.150 e. The summed E-state index contributed by atoms with van der Waals surface area (Å²) in [4.78, 5) is 0. The van der Waals surface area contributed by atoms with Crippen LogP contribution in [0.15, 0.2) is 36.4 Å². The van der Waals surface area contributed by atoms with Crippen LogP contribution < -0.4 is 5.32 Å². The van der Waals surface area contributed by atoms with Gasteiger partial charge in [-0.3, -0.25) is 0 Å². The number of benzene rings is 2. The van der Waals surface area contributed by atoms with Gasteiger partial charge in [0.2, 0.25) is 0 Å². The van der Waals surface area contributed by atoms with Crippen molar-refractivity contribution >= 4 is 17.3 Å². The Morgan fingerprint density at radius 1 is 1.05 bits per heavy atom. The Bertz CT molecular complexity index is 581. The molecule has 2 aromatic carbocycles. The summed E-state index contributed by atoms with van der Waals surface area (Å²) in [7, 11) is 0. The van der Waals surface area contributed by atoms with Gasteiger partial charge in [0.15, 0.2) is 5.82 Å². The van der Waals surface area contributed by atoms with Crippen LogP contribution in [-0.2, 0) is 0 Å². The third kappa shape index (κ3) is 3.43. The zero-order chi connectivity index (χ0) is 14.7. The lowest BCUT2D eigenvalue weighted by atomic mass is 10.1. The van der Waals surface area contributed by atoms with Crippen molar-refractivity contribution in [1.29, 1.82) is 0 Å². The van der Waals surface area contributed by atoms with Crippen molar-refractivity contribution < 1.29 is 18.3 Å². The van der Waals surface area contributed by atoms with E-state index in [9.17, 15) is 18.3 Å².